The highest BCUT2D eigenvalue weighted by molar-refractivity contribution is 7.11. The van der Waals surface area contributed by atoms with Gasteiger partial charge in [0, 0.05) is 30.6 Å². The number of nitrogens with one attached hydrogen (secondary N) is 1. The molecule has 1 aliphatic heterocycles. The molecule has 118 valence electrons. The van der Waals surface area contributed by atoms with E-state index in [4.69, 9.17) is 4.98 Å². The summed E-state index contributed by atoms with van der Waals surface area (Å²) in [6, 6.07) is 0.156. The lowest BCUT2D eigenvalue weighted by Gasteiger charge is -2.24. The molecule has 0 bridgehead atoms. The van der Waals surface area contributed by atoms with Crippen molar-refractivity contribution in [2.24, 2.45) is 0 Å². The van der Waals surface area contributed by atoms with Crippen molar-refractivity contribution in [3.63, 3.8) is 0 Å². The van der Waals surface area contributed by atoms with Gasteiger partial charge < -0.3 is 9.88 Å². The first-order chi connectivity index (χ1) is 10.3. The standard InChI is InChI=1S/C16H22N4OS/c1-10-14(22-9-17-10)15(21)18-11-5-6-13-19-12(16(2,3)4)8-20(13)7-11/h8-9,11H,5-7H2,1-4H3,(H,18,21). The second-order valence-corrected chi connectivity index (χ2v) is 7.78. The molecule has 1 atom stereocenters. The Bertz CT molecular complexity index is 695. The summed E-state index contributed by atoms with van der Waals surface area (Å²) in [5, 5.41) is 3.13. The minimum Gasteiger partial charge on any atom is -0.347 e. The van der Waals surface area contributed by atoms with Gasteiger partial charge in [-0.2, -0.15) is 0 Å². The molecule has 2 aromatic rings. The SMILES string of the molecule is Cc1ncsc1C(=O)NC1CCc2nc(C(C)(C)C)cn2C1. The van der Waals surface area contributed by atoms with E-state index in [1.165, 1.54) is 11.3 Å². The second-order valence-electron chi connectivity index (χ2n) is 6.92. The molecule has 2 aromatic heterocycles. The third-order valence-electron chi connectivity index (χ3n) is 4.05. The van der Waals surface area contributed by atoms with E-state index in [-0.39, 0.29) is 17.4 Å². The number of rotatable bonds is 2. The molecule has 3 rings (SSSR count). The first-order valence-corrected chi connectivity index (χ1v) is 8.50. The fourth-order valence-corrected chi connectivity index (χ4v) is 3.40. The maximum atomic E-state index is 12.3. The smallest absolute Gasteiger partial charge is 0.263 e. The van der Waals surface area contributed by atoms with Gasteiger partial charge in [0.05, 0.1) is 16.9 Å². The average Bonchev–Trinajstić information content (AvgIpc) is 3.03. The van der Waals surface area contributed by atoms with Crippen molar-refractivity contribution in [2.75, 3.05) is 0 Å². The lowest BCUT2D eigenvalue weighted by Crippen LogP contribution is -2.40. The molecular formula is C16H22N4OS. The lowest BCUT2D eigenvalue weighted by atomic mass is 9.93. The maximum absolute atomic E-state index is 12.3. The van der Waals surface area contributed by atoms with Gasteiger partial charge in [0.1, 0.15) is 10.7 Å². The first kappa shape index (κ1) is 15.2. The van der Waals surface area contributed by atoms with E-state index in [1.807, 2.05) is 6.92 Å². The molecule has 1 unspecified atom stereocenters. The first-order valence-electron chi connectivity index (χ1n) is 7.62. The molecule has 0 saturated heterocycles. The molecule has 1 aliphatic rings. The molecule has 0 aliphatic carbocycles. The predicted molar refractivity (Wildman–Crippen MR) is 87.4 cm³/mol. The summed E-state index contributed by atoms with van der Waals surface area (Å²) in [5.74, 6) is 1.12. The van der Waals surface area contributed by atoms with Crippen LogP contribution in [0.25, 0.3) is 0 Å². The van der Waals surface area contributed by atoms with E-state index in [9.17, 15) is 4.79 Å². The fourth-order valence-electron chi connectivity index (χ4n) is 2.69. The van der Waals surface area contributed by atoms with Crippen LogP contribution in [0.1, 0.15) is 54.1 Å². The third kappa shape index (κ3) is 2.92. The van der Waals surface area contributed by atoms with Crippen LogP contribution in [0.15, 0.2) is 11.7 Å². The van der Waals surface area contributed by atoms with Crippen LogP contribution in [0.5, 0.6) is 0 Å². The van der Waals surface area contributed by atoms with Gasteiger partial charge in [-0.05, 0) is 13.3 Å². The largest absolute Gasteiger partial charge is 0.347 e. The number of carbonyl (C=O) groups excluding carboxylic acids is 1. The van der Waals surface area contributed by atoms with E-state index >= 15 is 0 Å². The Morgan fingerprint density at radius 3 is 2.86 bits per heavy atom. The Kier molecular flexibility index (Phi) is 3.80. The Balaban J connectivity index is 1.71. The number of carbonyl (C=O) groups is 1. The molecule has 0 spiro atoms. The van der Waals surface area contributed by atoms with Crippen molar-refractivity contribution in [1.82, 2.24) is 19.9 Å². The number of nitrogens with zero attached hydrogens (tertiary/aromatic N) is 3. The van der Waals surface area contributed by atoms with Crippen molar-refractivity contribution in [3.8, 4) is 0 Å². The Labute approximate surface area is 134 Å². The van der Waals surface area contributed by atoms with Gasteiger partial charge in [-0.1, -0.05) is 20.8 Å². The second kappa shape index (κ2) is 5.50. The number of thiazole rings is 1. The summed E-state index contributed by atoms with van der Waals surface area (Å²) in [6.45, 7) is 9.19. The van der Waals surface area contributed by atoms with Gasteiger partial charge in [-0.25, -0.2) is 9.97 Å². The molecule has 0 fully saturated rings. The summed E-state index contributed by atoms with van der Waals surface area (Å²) in [5.41, 5.74) is 3.70. The highest BCUT2D eigenvalue weighted by Crippen LogP contribution is 2.24. The quantitative estimate of drug-likeness (QED) is 0.926. The van der Waals surface area contributed by atoms with Crippen molar-refractivity contribution in [1.29, 1.82) is 0 Å². The number of hydrogen-bond donors (Lipinski definition) is 1. The minimum absolute atomic E-state index is 0.00962. The zero-order valence-electron chi connectivity index (χ0n) is 13.5. The van der Waals surface area contributed by atoms with Crippen molar-refractivity contribution in [2.45, 2.75) is 58.5 Å². The number of amides is 1. The maximum Gasteiger partial charge on any atom is 0.263 e. The van der Waals surface area contributed by atoms with E-state index in [0.717, 1.165) is 36.6 Å². The van der Waals surface area contributed by atoms with Gasteiger partial charge in [0.2, 0.25) is 0 Å². The Morgan fingerprint density at radius 2 is 2.23 bits per heavy atom. The highest BCUT2D eigenvalue weighted by atomic mass is 32.1. The predicted octanol–water partition coefficient (Wildman–Crippen LogP) is 2.69. The van der Waals surface area contributed by atoms with Gasteiger partial charge in [-0.15, -0.1) is 11.3 Å². The van der Waals surface area contributed by atoms with Crippen LogP contribution >= 0.6 is 11.3 Å². The van der Waals surface area contributed by atoms with Crippen molar-refractivity contribution in [3.05, 3.63) is 33.8 Å². The van der Waals surface area contributed by atoms with E-state index in [2.05, 4.69) is 41.8 Å². The lowest BCUT2D eigenvalue weighted by molar-refractivity contribution is 0.0931. The monoisotopic (exact) mass is 318 g/mol. The highest BCUT2D eigenvalue weighted by Gasteiger charge is 2.26. The summed E-state index contributed by atoms with van der Waals surface area (Å²) in [7, 11) is 0. The van der Waals surface area contributed by atoms with Gasteiger partial charge in [0.25, 0.3) is 5.91 Å². The number of imidazole rings is 1. The molecule has 0 saturated carbocycles. The summed E-state index contributed by atoms with van der Waals surface area (Å²) < 4.78 is 2.19. The Hall–Kier alpha value is -1.69. The van der Waals surface area contributed by atoms with Crippen LogP contribution in [-0.4, -0.2) is 26.5 Å². The van der Waals surface area contributed by atoms with Crippen molar-refractivity contribution < 1.29 is 4.79 Å². The molecule has 1 amide bonds. The normalized spacial score (nSPS) is 18.1. The molecule has 5 nitrogen and oxygen atoms in total. The molecule has 22 heavy (non-hydrogen) atoms. The van der Waals surface area contributed by atoms with E-state index in [1.54, 1.807) is 5.51 Å². The summed E-state index contributed by atoms with van der Waals surface area (Å²) in [4.78, 5) is 21.9. The zero-order chi connectivity index (χ0) is 15.9. The number of hydrogen-bond acceptors (Lipinski definition) is 4. The number of aryl methyl sites for hydroxylation is 2. The van der Waals surface area contributed by atoms with E-state index < -0.39 is 0 Å². The molecule has 1 N–H and O–H groups in total. The summed E-state index contributed by atoms with van der Waals surface area (Å²) >= 11 is 1.40. The average molecular weight is 318 g/mol. The third-order valence-corrected chi connectivity index (χ3v) is 4.98. The molecular weight excluding hydrogens is 296 g/mol. The molecule has 0 aromatic carbocycles. The molecule has 3 heterocycles. The fraction of sp³-hybridized carbons (Fsp3) is 0.562. The van der Waals surface area contributed by atoms with Gasteiger partial charge >= 0.3 is 0 Å². The molecule has 0 radical (unpaired) electrons. The zero-order valence-corrected chi connectivity index (χ0v) is 14.3. The topological polar surface area (TPSA) is 59.8 Å². The van der Waals surface area contributed by atoms with Crippen molar-refractivity contribution >= 4 is 17.2 Å². The van der Waals surface area contributed by atoms with Crippen LogP contribution in [-0.2, 0) is 18.4 Å². The Morgan fingerprint density at radius 1 is 1.45 bits per heavy atom. The van der Waals surface area contributed by atoms with Crippen LogP contribution in [0.4, 0.5) is 0 Å². The number of fused-ring (bicyclic) bond motifs is 1. The van der Waals surface area contributed by atoms with Gasteiger partial charge in [-0.3, -0.25) is 4.79 Å². The summed E-state index contributed by atoms with van der Waals surface area (Å²) in [6.07, 6.45) is 3.97. The minimum atomic E-state index is -0.00962. The van der Waals surface area contributed by atoms with E-state index in [0.29, 0.717) is 4.88 Å². The van der Waals surface area contributed by atoms with Crippen LogP contribution in [0.3, 0.4) is 0 Å². The van der Waals surface area contributed by atoms with Crippen LogP contribution < -0.4 is 5.32 Å². The van der Waals surface area contributed by atoms with Gasteiger partial charge in [0.15, 0.2) is 0 Å². The van der Waals surface area contributed by atoms with Crippen LogP contribution in [0.2, 0.25) is 0 Å². The molecule has 6 heteroatoms. The number of aromatic nitrogens is 3. The van der Waals surface area contributed by atoms with Crippen LogP contribution in [0, 0.1) is 6.92 Å².